The van der Waals surface area contributed by atoms with E-state index in [1.54, 1.807) is 11.4 Å². The average Bonchev–Trinajstić information content (AvgIpc) is 2.72. The molecule has 1 aromatic heterocycles. The molecule has 21 heavy (non-hydrogen) atoms. The van der Waals surface area contributed by atoms with Crippen molar-refractivity contribution < 1.29 is 17.6 Å². The van der Waals surface area contributed by atoms with Crippen molar-refractivity contribution in [3.63, 3.8) is 0 Å². The number of halogens is 2. The molecular formula is C12H10BrFN2O3S2. The van der Waals surface area contributed by atoms with Gasteiger partial charge in [0.05, 0.1) is 21.3 Å². The van der Waals surface area contributed by atoms with E-state index < -0.39 is 21.7 Å². The van der Waals surface area contributed by atoms with E-state index in [0.29, 0.717) is 5.56 Å². The number of thiophene rings is 1. The Kier molecular flexibility index (Phi) is 4.64. The van der Waals surface area contributed by atoms with Crippen LogP contribution in [0.25, 0.3) is 0 Å². The molecule has 0 aliphatic heterocycles. The number of rotatable bonds is 4. The van der Waals surface area contributed by atoms with E-state index in [9.17, 15) is 17.6 Å². The van der Waals surface area contributed by atoms with Crippen LogP contribution in [0.5, 0.6) is 0 Å². The first-order valence-electron chi connectivity index (χ1n) is 5.57. The number of nitrogens with one attached hydrogen (secondary N) is 2. The molecule has 2 aromatic rings. The van der Waals surface area contributed by atoms with E-state index in [2.05, 4.69) is 26.0 Å². The molecule has 112 valence electrons. The molecule has 0 radical (unpaired) electrons. The van der Waals surface area contributed by atoms with Gasteiger partial charge in [0.1, 0.15) is 5.82 Å². The minimum atomic E-state index is -3.52. The zero-order chi connectivity index (χ0) is 15.6. The van der Waals surface area contributed by atoms with Gasteiger partial charge >= 0.3 is 0 Å². The summed E-state index contributed by atoms with van der Waals surface area (Å²) in [5.74, 6) is -1.07. The third-order valence-electron chi connectivity index (χ3n) is 2.29. The normalized spacial score (nSPS) is 11.2. The quantitative estimate of drug-likeness (QED) is 0.837. The fraction of sp³-hybridized carbons (Fsp3) is 0.0833. The number of hydrogen-bond donors (Lipinski definition) is 2. The van der Waals surface area contributed by atoms with Crippen LogP contribution in [0, 0.1) is 5.82 Å². The molecule has 0 aliphatic rings. The number of hydrogen-bond acceptors (Lipinski definition) is 4. The Morgan fingerprint density at radius 2 is 1.90 bits per heavy atom. The highest BCUT2D eigenvalue weighted by atomic mass is 79.9. The Labute approximate surface area is 133 Å². The van der Waals surface area contributed by atoms with Crippen molar-refractivity contribution in [3.8, 4) is 0 Å². The summed E-state index contributed by atoms with van der Waals surface area (Å²) in [6.07, 6.45) is 0.957. The largest absolute Gasteiger partial charge is 0.322 e. The Morgan fingerprint density at radius 1 is 1.24 bits per heavy atom. The summed E-state index contributed by atoms with van der Waals surface area (Å²) in [7, 11) is -3.52. The van der Waals surface area contributed by atoms with Crippen LogP contribution in [-0.2, 0) is 10.0 Å². The van der Waals surface area contributed by atoms with Gasteiger partial charge in [0.15, 0.2) is 0 Å². The predicted molar refractivity (Wildman–Crippen MR) is 84.8 cm³/mol. The van der Waals surface area contributed by atoms with Crippen LogP contribution >= 0.6 is 27.3 Å². The van der Waals surface area contributed by atoms with E-state index in [1.807, 2.05) is 0 Å². The van der Waals surface area contributed by atoms with Gasteiger partial charge in [0, 0.05) is 11.1 Å². The van der Waals surface area contributed by atoms with Crippen molar-refractivity contribution in [1.29, 1.82) is 0 Å². The van der Waals surface area contributed by atoms with Gasteiger partial charge in [-0.15, -0.1) is 11.3 Å². The third kappa shape index (κ3) is 4.80. The second-order valence-electron chi connectivity index (χ2n) is 4.20. The van der Waals surface area contributed by atoms with Crippen molar-refractivity contribution in [1.82, 2.24) is 0 Å². The summed E-state index contributed by atoms with van der Waals surface area (Å²) >= 11 is 4.59. The van der Waals surface area contributed by atoms with Crippen molar-refractivity contribution in [2.24, 2.45) is 0 Å². The molecule has 1 aromatic carbocycles. The minimum absolute atomic E-state index is 0.0410. The van der Waals surface area contributed by atoms with E-state index in [1.165, 1.54) is 17.4 Å². The number of sulfonamides is 1. The molecule has 9 heteroatoms. The van der Waals surface area contributed by atoms with E-state index in [4.69, 9.17) is 0 Å². The molecule has 0 saturated carbocycles. The van der Waals surface area contributed by atoms with Gasteiger partial charge in [0.25, 0.3) is 5.91 Å². The first kappa shape index (κ1) is 15.9. The van der Waals surface area contributed by atoms with E-state index >= 15 is 0 Å². The monoisotopic (exact) mass is 392 g/mol. The molecule has 2 N–H and O–H groups in total. The van der Waals surface area contributed by atoms with Crippen LogP contribution in [0.15, 0.2) is 33.4 Å². The molecule has 0 spiro atoms. The van der Waals surface area contributed by atoms with Gasteiger partial charge in [-0.25, -0.2) is 12.8 Å². The van der Waals surface area contributed by atoms with Crippen molar-refractivity contribution in [2.45, 2.75) is 0 Å². The summed E-state index contributed by atoms with van der Waals surface area (Å²) in [4.78, 5) is 11.9. The van der Waals surface area contributed by atoms with Gasteiger partial charge in [-0.05, 0) is 40.2 Å². The zero-order valence-corrected chi connectivity index (χ0v) is 13.9. The Bertz CT molecular complexity index is 790. The summed E-state index contributed by atoms with van der Waals surface area (Å²) in [5.41, 5.74) is 0.626. The highest BCUT2D eigenvalue weighted by molar-refractivity contribution is 9.11. The number of anilines is 2. The van der Waals surface area contributed by atoms with Crippen molar-refractivity contribution >= 4 is 54.6 Å². The fourth-order valence-electron chi connectivity index (χ4n) is 1.57. The van der Waals surface area contributed by atoms with Crippen LogP contribution in [0.4, 0.5) is 15.8 Å². The van der Waals surface area contributed by atoms with Crippen LogP contribution in [0.1, 0.15) is 10.4 Å². The maximum Gasteiger partial charge on any atom is 0.256 e. The highest BCUT2D eigenvalue weighted by Gasteiger charge is 2.11. The zero-order valence-electron chi connectivity index (χ0n) is 10.7. The smallest absolute Gasteiger partial charge is 0.256 e. The van der Waals surface area contributed by atoms with Gasteiger partial charge in [-0.3, -0.25) is 9.52 Å². The first-order chi connectivity index (χ1) is 9.73. The van der Waals surface area contributed by atoms with Gasteiger partial charge < -0.3 is 5.32 Å². The summed E-state index contributed by atoms with van der Waals surface area (Å²) in [5, 5.41) is 4.16. The third-order valence-corrected chi connectivity index (χ3v) is 4.40. The Morgan fingerprint density at radius 3 is 2.48 bits per heavy atom. The Hall–Kier alpha value is -1.45. The number of carbonyl (C=O) groups is 1. The summed E-state index contributed by atoms with van der Waals surface area (Å²) in [6.45, 7) is 0. The molecule has 1 heterocycles. The molecule has 2 rings (SSSR count). The lowest BCUT2D eigenvalue weighted by Crippen LogP contribution is -2.13. The number of benzene rings is 1. The van der Waals surface area contributed by atoms with Crippen LogP contribution < -0.4 is 10.0 Å². The molecule has 0 unspecified atom stereocenters. The summed E-state index contributed by atoms with van der Waals surface area (Å²) < 4.78 is 38.7. The van der Waals surface area contributed by atoms with Gasteiger partial charge in [0.2, 0.25) is 10.0 Å². The standard InChI is InChI=1S/C12H10BrFN2O3S2/c1-21(18,19)16-10-4-8(14)3-9(5-10)15-12(17)7-2-11(13)20-6-7/h2-6,16H,1H3,(H,15,17). The first-order valence-corrected chi connectivity index (χ1v) is 9.13. The topological polar surface area (TPSA) is 75.3 Å². The van der Waals surface area contributed by atoms with Crippen LogP contribution in [0.2, 0.25) is 0 Å². The number of carbonyl (C=O) groups excluding carboxylic acids is 1. The van der Waals surface area contributed by atoms with Gasteiger partial charge in [-0.1, -0.05) is 0 Å². The second-order valence-corrected chi connectivity index (χ2v) is 8.24. The van der Waals surface area contributed by atoms with Gasteiger partial charge in [-0.2, -0.15) is 0 Å². The molecule has 0 saturated heterocycles. The molecular weight excluding hydrogens is 383 g/mol. The van der Waals surface area contributed by atoms with Crippen molar-refractivity contribution in [2.75, 3.05) is 16.3 Å². The average molecular weight is 393 g/mol. The lowest BCUT2D eigenvalue weighted by molar-refractivity contribution is 0.102. The lowest BCUT2D eigenvalue weighted by Gasteiger charge is -2.08. The molecule has 0 aliphatic carbocycles. The molecule has 0 bridgehead atoms. The van der Waals surface area contributed by atoms with Crippen LogP contribution in [-0.4, -0.2) is 20.6 Å². The minimum Gasteiger partial charge on any atom is -0.322 e. The summed E-state index contributed by atoms with van der Waals surface area (Å²) in [6, 6.07) is 5.10. The fourth-order valence-corrected chi connectivity index (χ4v) is 3.25. The molecule has 1 amide bonds. The van der Waals surface area contributed by atoms with E-state index in [0.717, 1.165) is 22.2 Å². The molecule has 0 atom stereocenters. The highest BCUT2D eigenvalue weighted by Crippen LogP contribution is 2.23. The van der Waals surface area contributed by atoms with Crippen LogP contribution in [0.3, 0.4) is 0 Å². The van der Waals surface area contributed by atoms with E-state index in [-0.39, 0.29) is 11.4 Å². The maximum atomic E-state index is 13.5. The number of amides is 1. The SMILES string of the molecule is CS(=O)(=O)Nc1cc(F)cc(NC(=O)c2csc(Br)c2)c1. The predicted octanol–water partition coefficient (Wildman–Crippen LogP) is 3.27. The van der Waals surface area contributed by atoms with Crippen molar-refractivity contribution in [3.05, 3.63) is 44.8 Å². The Balaban J connectivity index is 2.22. The maximum absolute atomic E-state index is 13.5. The second kappa shape index (κ2) is 6.12. The lowest BCUT2D eigenvalue weighted by atomic mass is 10.2. The molecule has 0 fully saturated rings. The molecule has 5 nitrogen and oxygen atoms in total.